The fraction of sp³-hybridized carbons (Fsp3) is 0.368. The normalized spacial score (nSPS) is 11.4. The Balaban J connectivity index is 1.83. The summed E-state index contributed by atoms with van der Waals surface area (Å²) in [6.45, 7) is 8.26. The van der Waals surface area contributed by atoms with Crippen molar-refractivity contribution in [3.63, 3.8) is 0 Å². The molecule has 0 bridgehead atoms. The van der Waals surface area contributed by atoms with Crippen LogP contribution in [0.3, 0.4) is 0 Å². The Bertz CT molecular complexity index is 836. The lowest BCUT2D eigenvalue weighted by Gasteiger charge is -2.20. The van der Waals surface area contributed by atoms with E-state index in [1.807, 2.05) is 19.3 Å². The maximum Gasteiger partial charge on any atom is 0.103 e. The van der Waals surface area contributed by atoms with Crippen LogP contribution in [0.25, 0.3) is 11.3 Å². The summed E-state index contributed by atoms with van der Waals surface area (Å²) in [5.41, 5.74) is 6.83. The highest BCUT2D eigenvalue weighted by atomic mass is 16.3. The van der Waals surface area contributed by atoms with E-state index in [1.54, 1.807) is 0 Å². The first-order valence-corrected chi connectivity index (χ1v) is 8.50. The molecule has 0 unspecified atom stereocenters. The number of H-pyrrole nitrogens is 2. The van der Waals surface area contributed by atoms with Crippen molar-refractivity contribution in [2.75, 3.05) is 13.2 Å². The molecule has 3 rings (SSSR count). The van der Waals surface area contributed by atoms with Gasteiger partial charge in [-0.3, -0.25) is 10.00 Å². The molecule has 0 atom stereocenters. The summed E-state index contributed by atoms with van der Waals surface area (Å²) in [6, 6.07) is 6.43. The van der Waals surface area contributed by atoms with E-state index < -0.39 is 0 Å². The number of rotatable bonds is 7. The monoisotopic (exact) mass is 339 g/mol. The lowest BCUT2D eigenvalue weighted by molar-refractivity contribution is 0.183. The topological polar surface area (TPSA) is 80.8 Å². The molecule has 3 aromatic rings. The first-order valence-electron chi connectivity index (χ1n) is 8.50. The number of aryl methyl sites for hydroxylation is 3. The minimum Gasteiger partial charge on any atom is -0.395 e. The van der Waals surface area contributed by atoms with Gasteiger partial charge in [-0.2, -0.15) is 5.10 Å². The Kier molecular flexibility index (Phi) is 5.31. The fourth-order valence-electron chi connectivity index (χ4n) is 3.06. The number of nitrogens with one attached hydrogen (secondary N) is 2. The maximum absolute atomic E-state index is 9.42. The Labute approximate surface area is 147 Å². The first-order chi connectivity index (χ1) is 12.1. The molecule has 0 amide bonds. The number of aromatic nitrogens is 4. The molecule has 25 heavy (non-hydrogen) atoms. The molecule has 0 aliphatic heterocycles. The second-order valence-corrected chi connectivity index (χ2v) is 6.52. The molecular formula is C19H25N5O. The van der Waals surface area contributed by atoms with Crippen LogP contribution in [0, 0.1) is 20.8 Å². The molecular weight excluding hydrogens is 314 g/mol. The van der Waals surface area contributed by atoms with E-state index in [0.29, 0.717) is 19.6 Å². The van der Waals surface area contributed by atoms with Gasteiger partial charge in [0.05, 0.1) is 18.5 Å². The number of aliphatic hydroxyl groups excluding tert-OH is 1. The van der Waals surface area contributed by atoms with Crippen molar-refractivity contribution in [2.45, 2.75) is 33.9 Å². The molecule has 6 heteroatoms. The molecule has 0 fully saturated rings. The summed E-state index contributed by atoms with van der Waals surface area (Å²) in [6.07, 6.45) is 3.72. The van der Waals surface area contributed by atoms with Gasteiger partial charge in [-0.25, -0.2) is 4.98 Å². The average Bonchev–Trinajstić information content (AvgIpc) is 3.19. The molecule has 132 valence electrons. The predicted octanol–water partition coefficient (Wildman–Crippen LogP) is 2.72. The van der Waals surface area contributed by atoms with Crippen LogP contribution in [0.5, 0.6) is 0 Å². The summed E-state index contributed by atoms with van der Waals surface area (Å²) < 4.78 is 0. The molecule has 2 aromatic heterocycles. The Morgan fingerprint density at radius 3 is 2.68 bits per heavy atom. The lowest BCUT2D eigenvalue weighted by atomic mass is 10.0. The third kappa shape index (κ3) is 4.15. The molecule has 0 aliphatic rings. The van der Waals surface area contributed by atoms with Crippen molar-refractivity contribution in [2.24, 2.45) is 0 Å². The molecule has 3 N–H and O–H groups in total. The van der Waals surface area contributed by atoms with Gasteiger partial charge in [0.1, 0.15) is 5.82 Å². The van der Waals surface area contributed by atoms with E-state index in [9.17, 15) is 5.11 Å². The predicted molar refractivity (Wildman–Crippen MR) is 98.0 cm³/mol. The fourth-order valence-corrected chi connectivity index (χ4v) is 3.06. The highest BCUT2D eigenvalue weighted by molar-refractivity contribution is 5.67. The van der Waals surface area contributed by atoms with Crippen molar-refractivity contribution in [1.82, 2.24) is 25.1 Å². The van der Waals surface area contributed by atoms with Gasteiger partial charge >= 0.3 is 0 Å². The van der Waals surface area contributed by atoms with Gasteiger partial charge < -0.3 is 10.1 Å². The Morgan fingerprint density at radius 2 is 1.96 bits per heavy atom. The summed E-state index contributed by atoms with van der Waals surface area (Å²) >= 11 is 0. The van der Waals surface area contributed by atoms with Gasteiger partial charge in [-0.1, -0.05) is 17.7 Å². The van der Waals surface area contributed by atoms with Crippen LogP contribution in [0.4, 0.5) is 0 Å². The third-order valence-electron chi connectivity index (χ3n) is 4.34. The minimum absolute atomic E-state index is 0.115. The molecule has 0 saturated carbocycles. The smallest absolute Gasteiger partial charge is 0.103 e. The quantitative estimate of drug-likeness (QED) is 0.618. The summed E-state index contributed by atoms with van der Waals surface area (Å²) in [5, 5.41) is 16.8. The van der Waals surface area contributed by atoms with Crippen LogP contribution < -0.4 is 0 Å². The molecule has 6 nitrogen and oxygen atoms in total. The number of hydrogen-bond acceptors (Lipinski definition) is 4. The van der Waals surface area contributed by atoms with Gasteiger partial charge in [0.2, 0.25) is 0 Å². The molecule has 2 heterocycles. The standard InChI is InChI=1S/C19H25N5O/c1-13-4-5-14(2)18(8-13)19-16(9-21-23-19)11-24(6-7-25)12-17-10-20-15(3)22-17/h4-5,8-10,25H,6-7,11-12H2,1-3H3,(H,20,22)(H,21,23). The van der Waals surface area contributed by atoms with E-state index in [4.69, 9.17) is 0 Å². The van der Waals surface area contributed by atoms with Crippen molar-refractivity contribution in [3.05, 3.63) is 58.8 Å². The highest BCUT2D eigenvalue weighted by Gasteiger charge is 2.15. The first kappa shape index (κ1) is 17.4. The van der Waals surface area contributed by atoms with Crippen LogP contribution in [-0.2, 0) is 13.1 Å². The van der Waals surface area contributed by atoms with Crippen LogP contribution in [0.2, 0.25) is 0 Å². The highest BCUT2D eigenvalue weighted by Crippen LogP contribution is 2.27. The van der Waals surface area contributed by atoms with E-state index in [1.165, 1.54) is 16.7 Å². The average molecular weight is 339 g/mol. The molecule has 0 spiro atoms. The van der Waals surface area contributed by atoms with E-state index in [-0.39, 0.29) is 6.61 Å². The number of hydrogen-bond donors (Lipinski definition) is 3. The van der Waals surface area contributed by atoms with Gasteiger partial charge in [0.15, 0.2) is 0 Å². The van der Waals surface area contributed by atoms with Gasteiger partial charge in [0, 0.05) is 42.7 Å². The number of nitrogens with zero attached hydrogens (tertiary/aromatic N) is 3. The van der Waals surface area contributed by atoms with Crippen LogP contribution >= 0.6 is 0 Å². The number of imidazole rings is 1. The number of benzene rings is 1. The van der Waals surface area contributed by atoms with Crippen molar-refractivity contribution >= 4 is 0 Å². The second kappa shape index (κ2) is 7.63. The van der Waals surface area contributed by atoms with E-state index >= 15 is 0 Å². The van der Waals surface area contributed by atoms with Gasteiger partial charge in [0.25, 0.3) is 0 Å². The zero-order valence-corrected chi connectivity index (χ0v) is 15.0. The second-order valence-electron chi connectivity index (χ2n) is 6.52. The third-order valence-corrected chi connectivity index (χ3v) is 4.34. The van der Waals surface area contributed by atoms with Gasteiger partial charge in [-0.15, -0.1) is 0 Å². The summed E-state index contributed by atoms with van der Waals surface area (Å²) in [5.74, 6) is 0.901. The molecule has 0 saturated heterocycles. The Hall–Kier alpha value is -2.44. The molecule has 0 aliphatic carbocycles. The van der Waals surface area contributed by atoms with Gasteiger partial charge in [-0.05, 0) is 32.4 Å². The summed E-state index contributed by atoms with van der Waals surface area (Å²) in [4.78, 5) is 9.69. The Morgan fingerprint density at radius 1 is 1.12 bits per heavy atom. The molecule has 1 aromatic carbocycles. The van der Waals surface area contributed by atoms with Crippen molar-refractivity contribution in [1.29, 1.82) is 0 Å². The van der Waals surface area contributed by atoms with E-state index in [0.717, 1.165) is 22.8 Å². The van der Waals surface area contributed by atoms with Crippen LogP contribution in [0.1, 0.15) is 28.2 Å². The largest absolute Gasteiger partial charge is 0.395 e. The van der Waals surface area contributed by atoms with Crippen LogP contribution in [0.15, 0.2) is 30.6 Å². The van der Waals surface area contributed by atoms with E-state index in [2.05, 4.69) is 57.1 Å². The summed E-state index contributed by atoms with van der Waals surface area (Å²) in [7, 11) is 0. The SMILES string of the molecule is Cc1ccc(C)c(-c2[nH]ncc2CN(CCO)Cc2cnc(C)[nH]2)c1. The lowest BCUT2D eigenvalue weighted by Crippen LogP contribution is -2.26. The van der Waals surface area contributed by atoms with Crippen molar-refractivity contribution in [3.8, 4) is 11.3 Å². The zero-order valence-electron chi connectivity index (χ0n) is 15.0. The maximum atomic E-state index is 9.42. The minimum atomic E-state index is 0.115. The number of aliphatic hydroxyl groups is 1. The zero-order chi connectivity index (χ0) is 17.8. The van der Waals surface area contributed by atoms with Crippen LogP contribution in [-0.4, -0.2) is 43.3 Å². The van der Waals surface area contributed by atoms with Crippen molar-refractivity contribution < 1.29 is 5.11 Å². The molecule has 0 radical (unpaired) electrons. The number of aromatic amines is 2.